The van der Waals surface area contributed by atoms with Crippen LogP contribution in [0.5, 0.6) is 0 Å². The van der Waals surface area contributed by atoms with Gasteiger partial charge in [0.1, 0.15) is 0 Å². The minimum atomic E-state index is 0.207. The number of hydrogen-bond acceptors (Lipinski definition) is 2. The Morgan fingerprint density at radius 3 is 1.20 bits per heavy atom. The lowest BCUT2D eigenvalue weighted by Crippen LogP contribution is -2.17. The second-order valence-electron chi connectivity index (χ2n) is 5.76. The molecule has 2 atom stereocenters. The first-order valence-electron chi connectivity index (χ1n) is 7.24. The molecule has 4 N–H and O–H groups in total. The molecule has 0 amide bonds. The van der Waals surface area contributed by atoms with E-state index in [0.29, 0.717) is 0 Å². The molecule has 0 unspecified atom stereocenters. The highest BCUT2D eigenvalue weighted by Gasteiger charge is 2.02. The van der Waals surface area contributed by atoms with Crippen LogP contribution in [0.2, 0.25) is 0 Å². The smallest absolute Gasteiger partial charge is 0.00509 e. The Labute approximate surface area is 121 Å². The lowest BCUT2D eigenvalue weighted by atomic mass is 9.99. The van der Waals surface area contributed by atoms with Crippen LogP contribution in [-0.4, -0.2) is 12.1 Å². The fourth-order valence-corrected chi connectivity index (χ4v) is 2.41. The molecule has 0 aliphatic heterocycles. The first-order valence-corrected chi connectivity index (χ1v) is 7.24. The second-order valence-corrected chi connectivity index (χ2v) is 5.76. The van der Waals surface area contributed by atoms with Gasteiger partial charge in [-0.05, 0) is 48.9 Å². The van der Waals surface area contributed by atoms with Crippen LogP contribution in [-0.2, 0) is 12.8 Å². The third-order valence-corrected chi connectivity index (χ3v) is 3.36. The Morgan fingerprint density at radius 1 is 0.650 bits per heavy atom. The maximum atomic E-state index is 5.82. The molecule has 2 aromatic carbocycles. The van der Waals surface area contributed by atoms with Crippen molar-refractivity contribution in [1.82, 2.24) is 0 Å². The summed E-state index contributed by atoms with van der Waals surface area (Å²) < 4.78 is 0. The molecular weight excluding hydrogens is 244 g/mol. The molecule has 0 bridgehead atoms. The Balaban J connectivity index is 2.11. The lowest BCUT2D eigenvalue weighted by molar-refractivity contribution is 0.738. The number of nitrogens with two attached hydrogens (primary N) is 2. The Morgan fingerprint density at radius 2 is 0.950 bits per heavy atom. The zero-order valence-corrected chi connectivity index (χ0v) is 12.3. The summed E-state index contributed by atoms with van der Waals surface area (Å²) in [7, 11) is 0. The van der Waals surface area contributed by atoms with Crippen LogP contribution < -0.4 is 11.5 Å². The van der Waals surface area contributed by atoms with Crippen molar-refractivity contribution in [3.8, 4) is 11.1 Å². The van der Waals surface area contributed by atoms with Gasteiger partial charge in [-0.2, -0.15) is 0 Å². The maximum absolute atomic E-state index is 5.82. The summed E-state index contributed by atoms with van der Waals surface area (Å²) in [5.41, 5.74) is 16.7. The molecule has 0 aliphatic carbocycles. The zero-order chi connectivity index (χ0) is 14.5. The summed E-state index contributed by atoms with van der Waals surface area (Å²) >= 11 is 0. The van der Waals surface area contributed by atoms with Crippen LogP contribution in [0.1, 0.15) is 25.0 Å². The molecule has 0 saturated carbocycles. The van der Waals surface area contributed by atoms with Gasteiger partial charge in [0.05, 0.1) is 0 Å². The molecule has 2 heteroatoms. The van der Waals surface area contributed by atoms with E-state index in [1.165, 1.54) is 22.3 Å². The molecule has 20 heavy (non-hydrogen) atoms. The Kier molecular flexibility index (Phi) is 4.94. The number of hydrogen-bond donors (Lipinski definition) is 2. The minimum Gasteiger partial charge on any atom is -0.328 e. The highest BCUT2D eigenvalue weighted by molar-refractivity contribution is 5.64. The van der Waals surface area contributed by atoms with Gasteiger partial charge in [-0.25, -0.2) is 0 Å². The van der Waals surface area contributed by atoms with Crippen molar-refractivity contribution in [3.05, 3.63) is 59.7 Å². The standard InChI is InChI=1S/C18H24N2/c1-13(19)11-15-3-7-17(8-4-15)18-9-5-16(6-10-18)12-14(2)20/h3-10,13-14H,11-12,19-20H2,1-2H3/t13-,14-/m1/s1. The number of benzene rings is 2. The van der Waals surface area contributed by atoms with E-state index in [-0.39, 0.29) is 12.1 Å². The topological polar surface area (TPSA) is 52.0 Å². The highest BCUT2D eigenvalue weighted by atomic mass is 14.6. The fraction of sp³-hybridized carbons (Fsp3) is 0.333. The first-order chi connectivity index (χ1) is 9.54. The maximum Gasteiger partial charge on any atom is 0.00509 e. The van der Waals surface area contributed by atoms with E-state index in [1.807, 2.05) is 13.8 Å². The summed E-state index contributed by atoms with van der Waals surface area (Å²) in [6.45, 7) is 4.07. The highest BCUT2D eigenvalue weighted by Crippen LogP contribution is 2.21. The summed E-state index contributed by atoms with van der Waals surface area (Å²) in [6, 6.07) is 17.7. The van der Waals surface area contributed by atoms with Gasteiger partial charge in [-0.15, -0.1) is 0 Å². The van der Waals surface area contributed by atoms with Crippen LogP contribution in [0.15, 0.2) is 48.5 Å². The van der Waals surface area contributed by atoms with Crippen molar-refractivity contribution < 1.29 is 0 Å². The Bertz CT molecular complexity index is 473. The third kappa shape index (κ3) is 4.19. The largest absolute Gasteiger partial charge is 0.328 e. The van der Waals surface area contributed by atoms with E-state index in [0.717, 1.165) is 12.8 Å². The molecule has 0 aromatic heterocycles. The molecule has 2 aromatic rings. The molecule has 106 valence electrons. The van der Waals surface area contributed by atoms with Crippen molar-refractivity contribution in [2.45, 2.75) is 38.8 Å². The third-order valence-electron chi connectivity index (χ3n) is 3.36. The van der Waals surface area contributed by atoms with Gasteiger partial charge in [0.15, 0.2) is 0 Å². The molecule has 0 saturated heterocycles. The fourth-order valence-electron chi connectivity index (χ4n) is 2.41. The van der Waals surface area contributed by atoms with Gasteiger partial charge < -0.3 is 11.5 Å². The monoisotopic (exact) mass is 268 g/mol. The summed E-state index contributed by atoms with van der Waals surface area (Å²) in [6.07, 6.45) is 1.85. The average Bonchev–Trinajstić information content (AvgIpc) is 2.39. The molecule has 0 heterocycles. The van der Waals surface area contributed by atoms with E-state index in [1.54, 1.807) is 0 Å². The van der Waals surface area contributed by atoms with Crippen LogP contribution in [0, 0.1) is 0 Å². The molecule has 0 aliphatic rings. The second kappa shape index (κ2) is 6.69. The van der Waals surface area contributed by atoms with Crippen molar-refractivity contribution in [3.63, 3.8) is 0 Å². The molecule has 2 rings (SSSR count). The van der Waals surface area contributed by atoms with Gasteiger partial charge in [0, 0.05) is 12.1 Å². The SMILES string of the molecule is C[C@@H](N)Cc1ccc(-c2ccc(C[C@@H](C)N)cc2)cc1. The molecule has 0 fully saturated rings. The molecule has 2 nitrogen and oxygen atoms in total. The lowest BCUT2D eigenvalue weighted by Gasteiger charge is -2.08. The van der Waals surface area contributed by atoms with Gasteiger partial charge in [-0.1, -0.05) is 48.5 Å². The average molecular weight is 268 g/mol. The van der Waals surface area contributed by atoms with Gasteiger partial charge in [0.2, 0.25) is 0 Å². The van der Waals surface area contributed by atoms with E-state index < -0.39 is 0 Å². The van der Waals surface area contributed by atoms with E-state index >= 15 is 0 Å². The zero-order valence-electron chi connectivity index (χ0n) is 12.3. The van der Waals surface area contributed by atoms with Crippen LogP contribution in [0.25, 0.3) is 11.1 Å². The predicted molar refractivity (Wildman–Crippen MR) is 86.6 cm³/mol. The van der Waals surface area contributed by atoms with Crippen molar-refractivity contribution in [2.24, 2.45) is 11.5 Å². The van der Waals surface area contributed by atoms with E-state index in [4.69, 9.17) is 11.5 Å². The predicted octanol–water partition coefficient (Wildman–Crippen LogP) is 3.13. The van der Waals surface area contributed by atoms with Crippen molar-refractivity contribution in [1.29, 1.82) is 0 Å². The molecule has 0 radical (unpaired) electrons. The van der Waals surface area contributed by atoms with Crippen molar-refractivity contribution >= 4 is 0 Å². The van der Waals surface area contributed by atoms with E-state index in [9.17, 15) is 0 Å². The normalized spacial score (nSPS) is 14.0. The first kappa shape index (κ1) is 14.8. The van der Waals surface area contributed by atoms with Gasteiger partial charge in [0.25, 0.3) is 0 Å². The van der Waals surface area contributed by atoms with Crippen LogP contribution in [0.4, 0.5) is 0 Å². The quantitative estimate of drug-likeness (QED) is 0.875. The van der Waals surface area contributed by atoms with Gasteiger partial charge in [-0.3, -0.25) is 0 Å². The van der Waals surface area contributed by atoms with Crippen LogP contribution in [0.3, 0.4) is 0 Å². The summed E-state index contributed by atoms with van der Waals surface area (Å²) in [4.78, 5) is 0. The Hall–Kier alpha value is -1.64. The minimum absolute atomic E-state index is 0.207. The summed E-state index contributed by atoms with van der Waals surface area (Å²) in [5, 5.41) is 0. The van der Waals surface area contributed by atoms with E-state index in [2.05, 4.69) is 48.5 Å². The molecule has 0 spiro atoms. The summed E-state index contributed by atoms with van der Waals surface area (Å²) in [5.74, 6) is 0. The van der Waals surface area contributed by atoms with Crippen LogP contribution >= 0.6 is 0 Å². The van der Waals surface area contributed by atoms with Gasteiger partial charge >= 0.3 is 0 Å². The van der Waals surface area contributed by atoms with Crippen molar-refractivity contribution in [2.75, 3.05) is 0 Å². The number of rotatable bonds is 5. The molecular formula is C18H24N2.